The molecule has 0 bridgehead atoms. The summed E-state index contributed by atoms with van der Waals surface area (Å²) in [4.78, 5) is 12.2. The van der Waals surface area contributed by atoms with Gasteiger partial charge in [-0.25, -0.2) is 0 Å². The van der Waals surface area contributed by atoms with Crippen molar-refractivity contribution in [1.82, 2.24) is 5.32 Å². The van der Waals surface area contributed by atoms with Crippen LogP contribution in [0, 0.1) is 0 Å². The summed E-state index contributed by atoms with van der Waals surface area (Å²) in [5.74, 6) is 0.842. The van der Waals surface area contributed by atoms with Gasteiger partial charge in [0.15, 0.2) is 5.75 Å². The molecule has 1 aliphatic rings. The lowest BCUT2D eigenvalue weighted by Crippen LogP contribution is -2.36. The molecule has 0 saturated heterocycles. The Hall–Kier alpha value is -1.56. The van der Waals surface area contributed by atoms with Crippen LogP contribution in [0.2, 0.25) is 0 Å². The molecule has 5 nitrogen and oxygen atoms in total. The van der Waals surface area contributed by atoms with E-state index >= 15 is 0 Å². The summed E-state index contributed by atoms with van der Waals surface area (Å²) in [5.41, 5.74) is 1.35. The molecule has 0 radical (unpaired) electrons. The molecule has 1 aromatic carbocycles. The van der Waals surface area contributed by atoms with Gasteiger partial charge < -0.3 is 15.4 Å². The summed E-state index contributed by atoms with van der Waals surface area (Å²) in [6, 6.07) is 5.30. The third kappa shape index (κ3) is 3.47. The van der Waals surface area contributed by atoms with E-state index in [2.05, 4.69) is 10.6 Å². The molecule has 2 atom stereocenters. The highest BCUT2D eigenvalue weighted by atomic mass is 32.2. The molecule has 1 aromatic rings. The van der Waals surface area contributed by atoms with Crippen LogP contribution in [0.15, 0.2) is 18.2 Å². The Morgan fingerprint density at radius 2 is 2.37 bits per heavy atom. The van der Waals surface area contributed by atoms with Gasteiger partial charge in [0.1, 0.15) is 6.61 Å². The minimum absolute atomic E-state index is 0.134. The van der Waals surface area contributed by atoms with Gasteiger partial charge in [0.2, 0.25) is 0 Å². The Morgan fingerprint density at radius 3 is 3.11 bits per heavy atom. The normalized spacial score (nSPS) is 16.5. The molecule has 0 fully saturated rings. The number of rotatable bonds is 4. The minimum atomic E-state index is -0.929. The zero-order chi connectivity index (χ0) is 13.8. The van der Waals surface area contributed by atoms with E-state index < -0.39 is 10.8 Å². The summed E-state index contributed by atoms with van der Waals surface area (Å²) < 4.78 is 16.7. The molecular formula is C13H18N2O3S. The average molecular weight is 282 g/mol. The van der Waals surface area contributed by atoms with E-state index in [9.17, 15) is 9.00 Å². The molecule has 0 aromatic heterocycles. The molecule has 0 saturated carbocycles. The Kier molecular flexibility index (Phi) is 4.42. The zero-order valence-electron chi connectivity index (χ0n) is 11.1. The lowest BCUT2D eigenvalue weighted by Gasteiger charge is -2.22. The molecule has 2 N–H and O–H groups in total. The lowest BCUT2D eigenvalue weighted by molar-refractivity contribution is 0.0939. The molecule has 0 spiro atoms. The van der Waals surface area contributed by atoms with E-state index in [1.54, 1.807) is 12.3 Å². The van der Waals surface area contributed by atoms with Crippen LogP contribution in [0.25, 0.3) is 0 Å². The maximum absolute atomic E-state index is 12.2. The summed E-state index contributed by atoms with van der Waals surface area (Å²) in [7, 11) is -0.929. The first-order valence-corrected chi connectivity index (χ1v) is 7.91. The van der Waals surface area contributed by atoms with Crippen molar-refractivity contribution in [3.8, 4) is 5.75 Å². The quantitative estimate of drug-likeness (QED) is 0.864. The van der Waals surface area contributed by atoms with Gasteiger partial charge in [0, 0.05) is 35.4 Å². The fourth-order valence-electron chi connectivity index (χ4n) is 2.04. The predicted octanol–water partition coefficient (Wildman–Crippen LogP) is 0.988. The van der Waals surface area contributed by atoms with Crippen LogP contribution < -0.4 is 15.4 Å². The minimum Gasteiger partial charge on any atom is -0.489 e. The summed E-state index contributed by atoms with van der Waals surface area (Å²) in [6.07, 6.45) is 1.63. The van der Waals surface area contributed by atoms with Gasteiger partial charge in [0.25, 0.3) is 5.91 Å². The van der Waals surface area contributed by atoms with E-state index in [0.29, 0.717) is 23.7 Å². The summed E-state index contributed by atoms with van der Waals surface area (Å²) >= 11 is 0. The van der Waals surface area contributed by atoms with Crippen LogP contribution >= 0.6 is 0 Å². The van der Waals surface area contributed by atoms with Crippen LogP contribution in [-0.2, 0) is 10.8 Å². The number of fused-ring (bicyclic) bond motifs is 1. The lowest BCUT2D eigenvalue weighted by atomic mass is 10.1. The first kappa shape index (κ1) is 13.9. The van der Waals surface area contributed by atoms with Crippen LogP contribution in [-0.4, -0.2) is 41.3 Å². The second-order valence-corrected chi connectivity index (χ2v) is 6.05. The number of carbonyl (C=O) groups is 1. The van der Waals surface area contributed by atoms with E-state index in [1.807, 2.05) is 19.1 Å². The SMILES string of the molecule is CC(CS(C)=O)NC(=O)c1cccc2c1OCCN2. The van der Waals surface area contributed by atoms with Gasteiger partial charge >= 0.3 is 0 Å². The van der Waals surface area contributed by atoms with Crippen LogP contribution in [0.5, 0.6) is 5.75 Å². The van der Waals surface area contributed by atoms with E-state index in [-0.39, 0.29) is 11.9 Å². The zero-order valence-corrected chi connectivity index (χ0v) is 11.9. The molecule has 0 aliphatic carbocycles. The van der Waals surface area contributed by atoms with E-state index in [0.717, 1.165) is 12.2 Å². The Bertz CT molecular complexity index is 505. The van der Waals surface area contributed by atoms with Crippen molar-refractivity contribution in [2.45, 2.75) is 13.0 Å². The number of ether oxygens (including phenoxy) is 1. The van der Waals surface area contributed by atoms with Gasteiger partial charge in [0.05, 0.1) is 11.3 Å². The Labute approximate surface area is 115 Å². The number of amides is 1. The first-order chi connectivity index (χ1) is 9.08. The number of benzene rings is 1. The summed E-state index contributed by atoms with van der Waals surface area (Å²) in [6.45, 7) is 3.13. The van der Waals surface area contributed by atoms with Crippen LogP contribution in [0.4, 0.5) is 5.69 Å². The molecule has 1 amide bonds. The van der Waals surface area contributed by atoms with Crippen molar-refractivity contribution >= 4 is 22.4 Å². The highest BCUT2D eigenvalue weighted by Gasteiger charge is 2.20. The third-order valence-electron chi connectivity index (χ3n) is 2.79. The van der Waals surface area contributed by atoms with Crippen molar-refractivity contribution in [3.63, 3.8) is 0 Å². The number of hydrogen-bond acceptors (Lipinski definition) is 4. The fourth-order valence-corrected chi connectivity index (χ4v) is 2.83. The highest BCUT2D eigenvalue weighted by Crippen LogP contribution is 2.31. The predicted molar refractivity (Wildman–Crippen MR) is 76.3 cm³/mol. The first-order valence-electron chi connectivity index (χ1n) is 6.18. The van der Waals surface area contributed by atoms with Crippen LogP contribution in [0.3, 0.4) is 0 Å². The number of carbonyl (C=O) groups excluding carboxylic acids is 1. The topological polar surface area (TPSA) is 67.4 Å². The fraction of sp³-hybridized carbons (Fsp3) is 0.462. The molecule has 1 heterocycles. The molecule has 6 heteroatoms. The molecule has 2 rings (SSSR count). The number of anilines is 1. The Balaban J connectivity index is 2.13. The number of hydrogen-bond donors (Lipinski definition) is 2. The second kappa shape index (κ2) is 6.06. The highest BCUT2D eigenvalue weighted by molar-refractivity contribution is 7.84. The standard InChI is InChI=1S/C13H18N2O3S/c1-9(8-19(2)17)15-13(16)10-4-3-5-11-12(10)18-7-6-14-11/h3-5,9,14H,6-8H2,1-2H3,(H,15,16). The Morgan fingerprint density at radius 1 is 1.58 bits per heavy atom. The van der Waals surface area contributed by atoms with Gasteiger partial charge in [-0.2, -0.15) is 0 Å². The molecular weight excluding hydrogens is 264 g/mol. The largest absolute Gasteiger partial charge is 0.489 e. The van der Waals surface area contributed by atoms with Crippen LogP contribution in [0.1, 0.15) is 17.3 Å². The second-order valence-electron chi connectivity index (χ2n) is 4.57. The van der Waals surface area contributed by atoms with Gasteiger partial charge in [-0.05, 0) is 19.1 Å². The number of para-hydroxylation sites is 1. The number of nitrogens with one attached hydrogen (secondary N) is 2. The van der Waals surface area contributed by atoms with Gasteiger partial charge in [-0.3, -0.25) is 9.00 Å². The summed E-state index contributed by atoms with van der Waals surface area (Å²) in [5, 5.41) is 6.03. The maximum atomic E-state index is 12.2. The molecule has 104 valence electrons. The third-order valence-corrected chi connectivity index (χ3v) is 3.76. The molecule has 1 aliphatic heterocycles. The van der Waals surface area contributed by atoms with Gasteiger partial charge in [-0.1, -0.05) is 6.07 Å². The van der Waals surface area contributed by atoms with Crippen molar-refractivity contribution in [2.75, 3.05) is 30.5 Å². The molecule has 2 unspecified atom stereocenters. The smallest absolute Gasteiger partial charge is 0.255 e. The molecule has 19 heavy (non-hydrogen) atoms. The average Bonchev–Trinajstić information content (AvgIpc) is 2.36. The van der Waals surface area contributed by atoms with Crippen molar-refractivity contribution in [3.05, 3.63) is 23.8 Å². The van der Waals surface area contributed by atoms with Crippen molar-refractivity contribution in [2.24, 2.45) is 0 Å². The van der Waals surface area contributed by atoms with E-state index in [1.165, 1.54) is 0 Å². The monoisotopic (exact) mass is 282 g/mol. The van der Waals surface area contributed by atoms with E-state index in [4.69, 9.17) is 4.74 Å². The van der Waals surface area contributed by atoms with Crippen molar-refractivity contribution < 1.29 is 13.7 Å². The van der Waals surface area contributed by atoms with Crippen molar-refractivity contribution in [1.29, 1.82) is 0 Å². The maximum Gasteiger partial charge on any atom is 0.255 e. The van der Waals surface area contributed by atoms with Gasteiger partial charge in [-0.15, -0.1) is 0 Å².